The van der Waals surface area contributed by atoms with Gasteiger partial charge < -0.3 is 15.2 Å². The molecular formula is C23H26IN5S. The Hall–Kier alpha value is -2.39. The number of para-hydroxylation sites is 2. The van der Waals surface area contributed by atoms with Gasteiger partial charge in [-0.15, -0.1) is 35.3 Å². The molecule has 0 bridgehead atoms. The number of hydrogen-bond acceptors (Lipinski definition) is 3. The van der Waals surface area contributed by atoms with Crippen molar-refractivity contribution in [3.63, 3.8) is 0 Å². The Morgan fingerprint density at radius 1 is 1.00 bits per heavy atom. The molecule has 0 aliphatic heterocycles. The van der Waals surface area contributed by atoms with Gasteiger partial charge in [0.15, 0.2) is 5.96 Å². The molecule has 0 unspecified atom stereocenters. The second-order valence-corrected chi connectivity index (χ2v) is 7.89. The van der Waals surface area contributed by atoms with E-state index in [1.165, 1.54) is 16.0 Å². The molecule has 0 aliphatic carbocycles. The van der Waals surface area contributed by atoms with Gasteiger partial charge >= 0.3 is 0 Å². The average molecular weight is 531 g/mol. The largest absolute Gasteiger partial charge is 0.356 e. The molecule has 0 spiro atoms. The number of halogens is 1. The van der Waals surface area contributed by atoms with Crippen LogP contribution in [-0.2, 0) is 19.5 Å². The van der Waals surface area contributed by atoms with E-state index in [0.717, 1.165) is 43.0 Å². The maximum absolute atomic E-state index is 4.46. The van der Waals surface area contributed by atoms with Crippen molar-refractivity contribution in [3.8, 4) is 0 Å². The lowest BCUT2D eigenvalue weighted by Crippen LogP contribution is -2.37. The predicted molar refractivity (Wildman–Crippen MR) is 137 cm³/mol. The fourth-order valence-corrected chi connectivity index (χ4v) is 3.97. The Morgan fingerprint density at radius 3 is 2.57 bits per heavy atom. The predicted octanol–water partition coefficient (Wildman–Crippen LogP) is 4.67. The van der Waals surface area contributed by atoms with E-state index in [0.29, 0.717) is 0 Å². The number of nitrogens with one attached hydrogen (secondary N) is 2. The molecule has 2 aromatic carbocycles. The van der Waals surface area contributed by atoms with Crippen molar-refractivity contribution in [1.82, 2.24) is 20.2 Å². The quantitative estimate of drug-likeness (QED) is 0.207. The van der Waals surface area contributed by atoms with Crippen molar-refractivity contribution in [1.29, 1.82) is 0 Å². The van der Waals surface area contributed by atoms with E-state index in [9.17, 15) is 0 Å². The highest BCUT2D eigenvalue weighted by Crippen LogP contribution is 2.14. The van der Waals surface area contributed by atoms with Crippen LogP contribution in [0, 0.1) is 0 Å². The molecule has 2 aromatic heterocycles. The Kier molecular flexibility index (Phi) is 8.27. The summed E-state index contributed by atoms with van der Waals surface area (Å²) in [6, 6.07) is 21.2. The monoisotopic (exact) mass is 531 g/mol. The SMILES string of the molecule is CN=C(NCCc1cccs1)NCc1ccc(Cn2cnc3ccccc32)cc1.I. The molecular weight excluding hydrogens is 505 g/mol. The van der Waals surface area contributed by atoms with Crippen LogP contribution in [0.1, 0.15) is 16.0 Å². The van der Waals surface area contributed by atoms with Crippen LogP contribution in [0.3, 0.4) is 0 Å². The molecule has 2 N–H and O–H groups in total. The molecule has 5 nitrogen and oxygen atoms in total. The Labute approximate surface area is 198 Å². The van der Waals surface area contributed by atoms with Gasteiger partial charge in [0.25, 0.3) is 0 Å². The van der Waals surface area contributed by atoms with Gasteiger partial charge in [-0.2, -0.15) is 0 Å². The van der Waals surface area contributed by atoms with E-state index >= 15 is 0 Å². The van der Waals surface area contributed by atoms with Gasteiger partial charge in [-0.3, -0.25) is 4.99 Å². The highest BCUT2D eigenvalue weighted by atomic mass is 127. The van der Waals surface area contributed by atoms with Crippen LogP contribution in [0.2, 0.25) is 0 Å². The van der Waals surface area contributed by atoms with E-state index < -0.39 is 0 Å². The summed E-state index contributed by atoms with van der Waals surface area (Å²) in [5.74, 6) is 0.829. The number of aliphatic imine (C=N–C) groups is 1. The second-order valence-electron chi connectivity index (χ2n) is 6.86. The molecule has 0 amide bonds. The van der Waals surface area contributed by atoms with Gasteiger partial charge in [0.05, 0.1) is 17.4 Å². The van der Waals surface area contributed by atoms with Crippen LogP contribution in [0.15, 0.2) is 77.4 Å². The highest BCUT2D eigenvalue weighted by molar-refractivity contribution is 14.0. The molecule has 0 radical (unpaired) electrons. The van der Waals surface area contributed by atoms with Crippen LogP contribution < -0.4 is 10.6 Å². The molecule has 30 heavy (non-hydrogen) atoms. The average Bonchev–Trinajstić information content (AvgIpc) is 3.42. The highest BCUT2D eigenvalue weighted by Gasteiger charge is 2.03. The summed E-state index contributed by atoms with van der Waals surface area (Å²) < 4.78 is 2.18. The first-order chi connectivity index (χ1) is 14.3. The number of aromatic nitrogens is 2. The summed E-state index contributed by atoms with van der Waals surface area (Å²) in [7, 11) is 1.80. The Morgan fingerprint density at radius 2 is 1.80 bits per heavy atom. The van der Waals surface area contributed by atoms with E-state index in [4.69, 9.17) is 0 Å². The molecule has 0 saturated carbocycles. The number of hydrogen-bond donors (Lipinski definition) is 2. The summed E-state index contributed by atoms with van der Waals surface area (Å²) in [6.45, 7) is 2.44. The van der Waals surface area contributed by atoms with E-state index in [2.05, 4.69) is 79.1 Å². The maximum Gasteiger partial charge on any atom is 0.191 e. The summed E-state index contributed by atoms with van der Waals surface area (Å²) >= 11 is 1.79. The van der Waals surface area contributed by atoms with Crippen LogP contribution in [-0.4, -0.2) is 29.1 Å². The van der Waals surface area contributed by atoms with Crippen LogP contribution in [0.4, 0.5) is 0 Å². The number of nitrogens with zero attached hydrogens (tertiary/aromatic N) is 3. The minimum Gasteiger partial charge on any atom is -0.356 e. The Bertz CT molecular complexity index is 1070. The smallest absolute Gasteiger partial charge is 0.191 e. The van der Waals surface area contributed by atoms with Crippen LogP contribution in [0.25, 0.3) is 11.0 Å². The van der Waals surface area contributed by atoms with E-state index in [1.54, 1.807) is 18.4 Å². The topological polar surface area (TPSA) is 54.2 Å². The van der Waals surface area contributed by atoms with Crippen molar-refractivity contribution in [2.75, 3.05) is 13.6 Å². The molecule has 156 valence electrons. The summed E-state index contributed by atoms with van der Waals surface area (Å²) in [4.78, 5) is 10.2. The Balaban J connectivity index is 0.00000256. The lowest BCUT2D eigenvalue weighted by molar-refractivity contribution is 0.796. The fourth-order valence-electron chi connectivity index (χ4n) is 3.26. The first kappa shape index (κ1) is 22.3. The third kappa shape index (κ3) is 5.82. The summed E-state index contributed by atoms with van der Waals surface area (Å²) in [5, 5.41) is 8.87. The van der Waals surface area contributed by atoms with Gasteiger partial charge in [-0.1, -0.05) is 42.5 Å². The first-order valence-electron chi connectivity index (χ1n) is 9.76. The number of benzene rings is 2. The zero-order valence-corrected chi connectivity index (χ0v) is 20.1. The number of rotatable bonds is 7. The number of thiophene rings is 1. The first-order valence-corrected chi connectivity index (χ1v) is 10.6. The zero-order valence-electron chi connectivity index (χ0n) is 16.9. The minimum absolute atomic E-state index is 0. The fraction of sp³-hybridized carbons (Fsp3) is 0.217. The molecule has 0 aliphatic rings. The molecule has 4 aromatic rings. The molecule has 0 saturated heterocycles. The lowest BCUT2D eigenvalue weighted by atomic mass is 10.1. The zero-order chi connectivity index (χ0) is 19.9. The number of guanidine groups is 1. The van der Waals surface area contributed by atoms with Crippen LogP contribution >= 0.6 is 35.3 Å². The van der Waals surface area contributed by atoms with Crippen molar-refractivity contribution in [3.05, 3.63) is 88.4 Å². The third-order valence-corrected chi connectivity index (χ3v) is 5.77. The van der Waals surface area contributed by atoms with Crippen molar-refractivity contribution in [2.24, 2.45) is 4.99 Å². The van der Waals surface area contributed by atoms with E-state index in [-0.39, 0.29) is 24.0 Å². The summed E-state index contributed by atoms with van der Waals surface area (Å²) in [6.07, 6.45) is 2.92. The van der Waals surface area contributed by atoms with Crippen LogP contribution in [0.5, 0.6) is 0 Å². The van der Waals surface area contributed by atoms with Gasteiger partial charge in [0, 0.05) is 31.6 Å². The maximum atomic E-state index is 4.46. The molecule has 4 rings (SSSR count). The normalized spacial score (nSPS) is 11.3. The minimum atomic E-state index is 0. The molecule has 0 fully saturated rings. The van der Waals surface area contributed by atoms with Gasteiger partial charge in [0.2, 0.25) is 0 Å². The molecule has 7 heteroatoms. The molecule has 2 heterocycles. The van der Waals surface area contributed by atoms with E-state index in [1.807, 2.05) is 18.5 Å². The second kappa shape index (κ2) is 11.1. The van der Waals surface area contributed by atoms with Crippen molar-refractivity contribution < 1.29 is 0 Å². The van der Waals surface area contributed by atoms with Crippen molar-refractivity contribution >= 4 is 52.3 Å². The third-order valence-electron chi connectivity index (χ3n) is 4.83. The molecule has 0 atom stereocenters. The van der Waals surface area contributed by atoms with Gasteiger partial charge in [0.1, 0.15) is 0 Å². The van der Waals surface area contributed by atoms with Crippen molar-refractivity contribution in [2.45, 2.75) is 19.5 Å². The standard InChI is InChI=1S/C23H25N5S.HI/c1-24-23(25-13-12-20-5-4-14-29-20)26-15-18-8-10-19(11-9-18)16-28-17-27-21-6-2-3-7-22(21)28;/h2-11,14,17H,12-13,15-16H2,1H3,(H2,24,25,26);1H. The lowest BCUT2D eigenvalue weighted by Gasteiger charge is -2.12. The summed E-state index contributed by atoms with van der Waals surface area (Å²) in [5.41, 5.74) is 4.68. The number of imidazole rings is 1. The van der Waals surface area contributed by atoms with Gasteiger partial charge in [-0.05, 0) is 41.1 Å². The van der Waals surface area contributed by atoms with Gasteiger partial charge in [-0.25, -0.2) is 4.98 Å². The number of fused-ring (bicyclic) bond motifs is 1.